The zero-order chi connectivity index (χ0) is 16.1. The molecule has 0 fully saturated rings. The molecule has 5 nitrogen and oxygen atoms in total. The lowest BCUT2D eigenvalue weighted by Gasteiger charge is -2.20. The quantitative estimate of drug-likeness (QED) is 0.922. The summed E-state index contributed by atoms with van der Waals surface area (Å²) in [6.45, 7) is 12.8. The number of amides is 1. The zero-order valence-corrected chi connectivity index (χ0v) is 13.8. The number of nitrogens with one attached hydrogen (secondary N) is 1. The molecule has 0 radical (unpaired) electrons. The van der Waals surface area contributed by atoms with E-state index in [1.807, 2.05) is 32.9 Å². The Morgan fingerprint density at radius 3 is 2.48 bits per heavy atom. The molecule has 0 atom stereocenters. The van der Waals surface area contributed by atoms with Crippen LogP contribution in [0.1, 0.15) is 47.1 Å². The largest absolute Gasteiger partial charge is 0.477 e. The van der Waals surface area contributed by atoms with Gasteiger partial charge in [0.25, 0.3) is 0 Å². The maximum Gasteiger partial charge on any atom is 0.407 e. The summed E-state index contributed by atoms with van der Waals surface area (Å²) in [5, 5.41) is 2.71. The molecular formula is C16H26N2O3. The van der Waals surface area contributed by atoms with Crippen LogP contribution in [0.4, 0.5) is 4.79 Å². The van der Waals surface area contributed by atoms with Crippen molar-refractivity contribution in [3.05, 3.63) is 23.9 Å². The second-order valence-electron chi connectivity index (χ2n) is 7.21. The van der Waals surface area contributed by atoms with Crippen LogP contribution < -0.4 is 10.1 Å². The highest BCUT2D eigenvalue weighted by Gasteiger charge is 2.16. The van der Waals surface area contributed by atoms with Crippen molar-refractivity contribution >= 4 is 6.09 Å². The van der Waals surface area contributed by atoms with Gasteiger partial charge in [0.05, 0.1) is 6.61 Å². The smallest absolute Gasteiger partial charge is 0.407 e. The van der Waals surface area contributed by atoms with Crippen molar-refractivity contribution < 1.29 is 14.3 Å². The average molecular weight is 294 g/mol. The Morgan fingerprint density at radius 1 is 1.24 bits per heavy atom. The number of hydrogen-bond acceptors (Lipinski definition) is 4. The fourth-order valence-corrected chi connectivity index (χ4v) is 1.42. The first-order valence-corrected chi connectivity index (χ1v) is 7.10. The van der Waals surface area contributed by atoms with Crippen molar-refractivity contribution in [2.24, 2.45) is 5.41 Å². The van der Waals surface area contributed by atoms with Gasteiger partial charge < -0.3 is 14.8 Å². The molecule has 0 saturated carbocycles. The van der Waals surface area contributed by atoms with E-state index in [1.54, 1.807) is 6.20 Å². The fraction of sp³-hybridized carbons (Fsp3) is 0.625. The molecule has 1 aromatic heterocycles. The predicted octanol–water partition coefficient (Wildman–Crippen LogP) is 3.53. The third-order valence-corrected chi connectivity index (χ3v) is 2.29. The molecule has 1 N–H and O–H groups in total. The Hall–Kier alpha value is -1.78. The van der Waals surface area contributed by atoms with Gasteiger partial charge in [0, 0.05) is 18.8 Å². The van der Waals surface area contributed by atoms with Gasteiger partial charge in [-0.1, -0.05) is 20.8 Å². The molecule has 0 unspecified atom stereocenters. The van der Waals surface area contributed by atoms with Crippen molar-refractivity contribution in [3.63, 3.8) is 0 Å². The second-order valence-corrected chi connectivity index (χ2v) is 7.21. The van der Waals surface area contributed by atoms with Crippen LogP contribution >= 0.6 is 0 Å². The van der Waals surface area contributed by atoms with Gasteiger partial charge in [0.1, 0.15) is 5.60 Å². The van der Waals surface area contributed by atoms with Crippen molar-refractivity contribution in [1.82, 2.24) is 10.3 Å². The van der Waals surface area contributed by atoms with Crippen LogP contribution in [0, 0.1) is 5.41 Å². The summed E-state index contributed by atoms with van der Waals surface area (Å²) in [6.07, 6.45) is 1.24. The maximum absolute atomic E-state index is 11.6. The highest BCUT2D eigenvalue weighted by atomic mass is 16.6. The van der Waals surface area contributed by atoms with E-state index in [9.17, 15) is 4.79 Å². The fourth-order valence-electron chi connectivity index (χ4n) is 1.42. The van der Waals surface area contributed by atoms with E-state index in [-0.39, 0.29) is 5.41 Å². The summed E-state index contributed by atoms with van der Waals surface area (Å²) >= 11 is 0. The Bertz CT molecular complexity index is 473. The minimum absolute atomic E-state index is 0.0758. The van der Waals surface area contributed by atoms with E-state index in [4.69, 9.17) is 9.47 Å². The number of nitrogens with zero attached hydrogens (tertiary/aromatic N) is 1. The summed E-state index contributed by atoms with van der Waals surface area (Å²) in [6, 6.07) is 3.66. The number of carbonyl (C=O) groups excluding carboxylic acids is 1. The number of carbonyl (C=O) groups is 1. The van der Waals surface area contributed by atoms with Crippen molar-refractivity contribution in [2.75, 3.05) is 6.61 Å². The van der Waals surface area contributed by atoms with E-state index in [0.717, 1.165) is 5.56 Å². The summed E-state index contributed by atoms with van der Waals surface area (Å²) < 4.78 is 10.8. The summed E-state index contributed by atoms with van der Waals surface area (Å²) in [7, 11) is 0. The SMILES string of the molecule is CC(C)(C)COc1cc(CNC(=O)OC(C)(C)C)ccn1. The van der Waals surface area contributed by atoms with Crippen LogP contribution in [0.25, 0.3) is 0 Å². The highest BCUT2D eigenvalue weighted by molar-refractivity contribution is 5.67. The van der Waals surface area contributed by atoms with E-state index in [0.29, 0.717) is 19.0 Å². The molecule has 1 rings (SSSR count). The molecule has 0 aliphatic rings. The molecule has 0 aromatic carbocycles. The number of alkyl carbamates (subject to hydrolysis) is 1. The third-order valence-electron chi connectivity index (χ3n) is 2.29. The molecule has 1 amide bonds. The van der Waals surface area contributed by atoms with Gasteiger partial charge in [-0.3, -0.25) is 0 Å². The summed E-state index contributed by atoms with van der Waals surface area (Å²) in [5.41, 5.74) is 0.496. The van der Waals surface area contributed by atoms with Gasteiger partial charge in [-0.2, -0.15) is 0 Å². The first kappa shape index (κ1) is 17.3. The van der Waals surface area contributed by atoms with Crippen LogP contribution in [0.5, 0.6) is 5.88 Å². The number of pyridine rings is 1. The van der Waals surface area contributed by atoms with Crippen LogP contribution in [-0.4, -0.2) is 23.3 Å². The Morgan fingerprint density at radius 2 is 1.90 bits per heavy atom. The molecular weight excluding hydrogens is 268 g/mol. The monoisotopic (exact) mass is 294 g/mol. The normalized spacial score (nSPS) is 11.9. The van der Waals surface area contributed by atoms with Crippen LogP contribution in [0.2, 0.25) is 0 Å². The molecule has 0 bridgehead atoms. The van der Waals surface area contributed by atoms with E-state index in [1.165, 1.54) is 0 Å². The molecule has 1 aromatic rings. The van der Waals surface area contributed by atoms with E-state index in [2.05, 4.69) is 31.1 Å². The number of rotatable bonds is 4. The standard InChI is InChI=1S/C16H26N2O3/c1-15(2,3)11-20-13-9-12(7-8-17-13)10-18-14(19)21-16(4,5)6/h7-9H,10-11H2,1-6H3,(H,18,19). The molecule has 5 heteroatoms. The lowest BCUT2D eigenvalue weighted by atomic mass is 9.99. The first-order chi connectivity index (χ1) is 9.55. The van der Waals surface area contributed by atoms with Crippen LogP contribution in [0.3, 0.4) is 0 Å². The Labute approximate surface area is 127 Å². The van der Waals surface area contributed by atoms with Crippen LogP contribution in [-0.2, 0) is 11.3 Å². The summed E-state index contributed by atoms with van der Waals surface area (Å²) in [5.74, 6) is 0.563. The Balaban J connectivity index is 2.51. The summed E-state index contributed by atoms with van der Waals surface area (Å²) in [4.78, 5) is 15.8. The van der Waals surface area contributed by atoms with Gasteiger partial charge >= 0.3 is 6.09 Å². The van der Waals surface area contributed by atoms with E-state index < -0.39 is 11.7 Å². The number of ether oxygens (including phenoxy) is 2. The van der Waals surface area contributed by atoms with Crippen LogP contribution in [0.15, 0.2) is 18.3 Å². The zero-order valence-electron chi connectivity index (χ0n) is 13.8. The van der Waals surface area contributed by atoms with E-state index >= 15 is 0 Å². The minimum Gasteiger partial charge on any atom is -0.477 e. The molecule has 0 spiro atoms. The highest BCUT2D eigenvalue weighted by Crippen LogP contribution is 2.16. The lowest BCUT2D eigenvalue weighted by molar-refractivity contribution is 0.0523. The molecule has 0 saturated heterocycles. The third kappa shape index (κ3) is 8.17. The molecule has 0 aliphatic carbocycles. The van der Waals surface area contributed by atoms with Gasteiger partial charge in [-0.25, -0.2) is 9.78 Å². The average Bonchev–Trinajstić information content (AvgIpc) is 2.32. The first-order valence-electron chi connectivity index (χ1n) is 7.10. The predicted molar refractivity (Wildman–Crippen MR) is 82.3 cm³/mol. The Kier molecular flexibility index (Phi) is 5.58. The van der Waals surface area contributed by atoms with Gasteiger partial charge in [0.2, 0.25) is 5.88 Å². The van der Waals surface area contributed by atoms with Crippen molar-refractivity contribution in [1.29, 1.82) is 0 Å². The molecule has 21 heavy (non-hydrogen) atoms. The lowest BCUT2D eigenvalue weighted by Crippen LogP contribution is -2.32. The maximum atomic E-state index is 11.6. The van der Waals surface area contributed by atoms with Gasteiger partial charge in [-0.15, -0.1) is 0 Å². The minimum atomic E-state index is -0.497. The number of aromatic nitrogens is 1. The van der Waals surface area contributed by atoms with Crippen molar-refractivity contribution in [2.45, 2.75) is 53.7 Å². The molecule has 1 heterocycles. The molecule has 0 aliphatic heterocycles. The molecule has 118 valence electrons. The second kappa shape index (κ2) is 6.78. The van der Waals surface area contributed by atoms with Crippen molar-refractivity contribution in [3.8, 4) is 5.88 Å². The van der Waals surface area contributed by atoms with Gasteiger partial charge in [-0.05, 0) is 37.8 Å². The number of hydrogen-bond donors (Lipinski definition) is 1. The van der Waals surface area contributed by atoms with Gasteiger partial charge in [0.15, 0.2) is 0 Å². The topological polar surface area (TPSA) is 60.5 Å².